The standard InChI is InChI=1S/C25H27N2O4.BrH/c1-28-22-8-16-17-9-23(29-2)25(31-4)11-19(17)21-14-27(7-5-6-15(27)12-26)13-20(21)18(16)10-24(22)30-3;/h8-11,15H,5-7,13-14H2,1-4H3;1H/q+1;/p-1. The number of hydrogen-bond acceptors (Lipinski definition) is 5. The molecular formula is C25H27BrN2O4. The molecule has 168 valence electrons. The first-order valence-corrected chi connectivity index (χ1v) is 10.6. The molecule has 2 aliphatic heterocycles. The van der Waals surface area contributed by atoms with Crippen molar-refractivity contribution in [3.05, 3.63) is 35.4 Å². The monoisotopic (exact) mass is 498 g/mol. The smallest absolute Gasteiger partial charge is 0.177 e. The molecule has 2 aliphatic rings. The lowest BCUT2D eigenvalue weighted by atomic mass is 9.92. The average molecular weight is 499 g/mol. The van der Waals surface area contributed by atoms with E-state index in [1.54, 1.807) is 28.4 Å². The Morgan fingerprint density at radius 2 is 1.16 bits per heavy atom. The van der Waals surface area contributed by atoms with Gasteiger partial charge in [-0.1, -0.05) is 0 Å². The van der Waals surface area contributed by atoms with Crippen molar-refractivity contribution < 1.29 is 40.4 Å². The van der Waals surface area contributed by atoms with Gasteiger partial charge in [-0.15, -0.1) is 0 Å². The summed E-state index contributed by atoms with van der Waals surface area (Å²) in [5.41, 5.74) is 2.61. The molecule has 1 saturated heterocycles. The number of quaternary nitrogens is 1. The zero-order valence-corrected chi connectivity index (χ0v) is 20.4. The first-order chi connectivity index (χ1) is 15.1. The fourth-order valence-corrected chi connectivity index (χ4v) is 5.67. The summed E-state index contributed by atoms with van der Waals surface area (Å²) in [5.74, 6) is 2.83. The number of methoxy groups -OCH3 is 4. The summed E-state index contributed by atoms with van der Waals surface area (Å²) in [6.07, 6.45) is 2.06. The van der Waals surface area contributed by atoms with E-state index in [0.717, 1.165) is 58.5 Å². The number of rotatable bonds is 4. The van der Waals surface area contributed by atoms with Crippen LogP contribution in [0.4, 0.5) is 0 Å². The third-order valence-corrected chi connectivity index (χ3v) is 7.19. The molecule has 0 radical (unpaired) electrons. The largest absolute Gasteiger partial charge is 1.00 e. The van der Waals surface area contributed by atoms with Crippen molar-refractivity contribution in [3.63, 3.8) is 0 Å². The fourth-order valence-electron chi connectivity index (χ4n) is 5.67. The van der Waals surface area contributed by atoms with Crippen molar-refractivity contribution in [2.24, 2.45) is 0 Å². The van der Waals surface area contributed by atoms with Gasteiger partial charge in [-0.05, 0) is 45.8 Å². The van der Waals surface area contributed by atoms with E-state index in [9.17, 15) is 5.26 Å². The molecule has 2 heterocycles. The van der Waals surface area contributed by atoms with E-state index >= 15 is 0 Å². The molecule has 0 bridgehead atoms. The van der Waals surface area contributed by atoms with Crippen molar-refractivity contribution in [2.45, 2.75) is 32.0 Å². The van der Waals surface area contributed by atoms with E-state index in [2.05, 4.69) is 30.3 Å². The van der Waals surface area contributed by atoms with Gasteiger partial charge in [-0.2, -0.15) is 5.26 Å². The van der Waals surface area contributed by atoms with Crippen LogP contribution in [0.15, 0.2) is 24.3 Å². The van der Waals surface area contributed by atoms with Crippen molar-refractivity contribution in [1.82, 2.24) is 0 Å². The SMILES string of the molecule is COc1cc2c3c(c4cc(OC)c(OC)cc4c2cc1OC)C[N+]1(CCCC1C#N)C3.[Br-]. The van der Waals surface area contributed by atoms with Crippen LogP contribution in [0, 0.1) is 11.3 Å². The highest BCUT2D eigenvalue weighted by molar-refractivity contribution is 6.12. The van der Waals surface area contributed by atoms with E-state index in [-0.39, 0.29) is 23.0 Å². The van der Waals surface area contributed by atoms with Gasteiger partial charge < -0.3 is 40.4 Å². The molecule has 32 heavy (non-hydrogen) atoms. The van der Waals surface area contributed by atoms with Gasteiger partial charge in [0, 0.05) is 24.0 Å². The minimum Gasteiger partial charge on any atom is -1.00 e. The molecule has 3 aromatic carbocycles. The highest BCUT2D eigenvalue weighted by Crippen LogP contribution is 2.49. The molecule has 1 spiro atoms. The summed E-state index contributed by atoms with van der Waals surface area (Å²) in [6, 6.07) is 10.9. The zero-order chi connectivity index (χ0) is 21.8. The lowest BCUT2D eigenvalue weighted by molar-refractivity contribution is -0.951. The van der Waals surface area contributed by atoms with Crippen LogP contribution in [0.25, 0.3) is 21.5 Å². The second kappa shape index (κ2) is 8.34. The normalized spacial score (nSPS) is 18.3. The third-order valence-electron chi connectivity index (χ3n) is 7.19. The Morgan fingerprint density at radius 1 is 0.750 bits per heavy atom. The average Bonchev–Trinajstić information content (AvgIpc) is 3.40. The fraction of sp³-hybridized carbons (Fsp3) is 0.400. The van der Waals surface area contributed by atoms with Gasteiger partial charge in [0.05, 0.1) is 35.0 Å². The van der Waals surface area contributed by atoms with Crippen molar-refractivity contribution in [3.8, 4) is 29.1 Å². The van der Waals surface area contributed by atoms with Gasteiger partial charge in [0.2, 0.25) is 0 Å². The highest BCUT2D eigenvalue weighted by Gasteiger charge is 2.47. The minimum absolute atomic E-state index is 0. The number of nitrogens with zero attached hydrogens (tertiary/aromatic N) is 2. The van der Waals surface area contributed by atoms with Gasteiger partial charge >= 0.3 is 0 Å². The maximum Gasteiger partial charge on any atom is 0.177 e. The van der Waals surface area contributed by atoms with E-state index in [0.29, 0.717) is 23.0 Å². The topological polar surface area (TPSA) is 60.7 Å². The number of ether oxygens (including phenoxy) is 4. The molecule has 3 aromatic rings. The Morgan fingerprint density at radius 3 is 1.53 bits per heavy atom. The number of fused-ring (bicyclic) bond motifs is 6. The zero-order valence-electron chi connectivity index (χ0n) is 18.8. The van der Waals surface area contributed by atoms with Crippen LogP contribution in [-0.2, 0) is 13.1 Å². The minimum atomic E-state index is 0. The third kappa shape index (κ3) is 3.08. The molecule has 0 saturated carbocycles. The van der Waals surface area contributed by atoms with Crippen LogP contribution in [-0.4, -0.2) is 45.5 Å². The number of halogens is 1. The summed E-state index contributed by atoms with van der Waals surface area (Å²) in [7, 11) is 6.65. The lowest BCUT2D eigenvalue weighted by Gasteiger charge is -2.32. The molecule has 0 aliphatic carbocycles. The molecule has 5 rings (SSSR count). The van der Waals surface area contributed by atoms with Gasteiger partial charge in [0.15, 0.2) is 29.0 Å². The second-order valence-corrected chi connectivity index (χ2v) is 8.51. The maximum absolute atomic E-state index is 9.86. The van der Waals surface area contributed by atoms with Crippen LogP contribution in [0.1, 0.15) is 24.0 Å². The Bertz CT molecular complexity index is 1170. The van der Waals surface area contributed by atoms with Gasteiger partial charge in [-0.3, -0.25) is 0 Å². The van der Waals surface area contributed by atoms with Crippen molar-refractivity contribution in [2.75, 3.05) is 35.0 Å². The predicted octanol–water partition coefficient (Wildman–Crippen LogP) is 1.55. The van der Waals surface area contributed by atoms with Crippen LogP contribution in [0.2, 0.25) is 0 Å². The molecule has 0 amide bonds. The molecule has 6 nitrogen and oxygen atoms in total. The molecule has 7 heteroatoms. The summed E-state index contributed by atoms with van der Waals surface area (Å²) in [5, 5.41) is 14.4. The van der Waals surface area contributed by atoms with E-state index < -0.39 is 0 Å². The quantitative estimate of drug-likeness (QED) is 0.403. The Hall–Kier alpha value is -2.69. The van der Waals surface area contributed by atoms with Crippen LogP contribution >= 0.6 is 0 Å². The first kappa shape index (κ1) is 22.5. The van der Waals surface area contributed by atoms with Crippen LogP contribution in [0.5, 0.6) is 23.0 Å². The van der Waals surface area contributed by atoms with Crippen LogP contribution < -0.4 is 35.9 Å². The number of hydrogen-bond donors (Lipinski definition) is 0. The first-order valence-electron chi connectivity index (χ1n) is 10.6. The second-order valence-electron chi connectivity index (χ2n) is 8.51. The summed E-state index contributed by atoms with van der Waals surface area (Å²) >= 11 is 0. The Kier molecular flexibility index (Phi) is 5.87. The molecule has 0 aromatic heterocycles. The lowest BCUT2D eigenvalue weighted by Crippen LogP contribution is -3.00. The van der Waals surface area contributed by atoms with Crippen molar-refractivity contribution >= 4 is 21.5 Å². The summed E-state index contributed by atoms with van der Waals surface area (Å²) in [6.45, 7) is 2.77. The van der Waals surface area contributed by atoms with Crippen molar-refractivity contribution in [1.29, 1.82) is 5.26 Å². The molecule has 1 unspecified atom stereocenters. The molecule has 1 fully saturated rings. The molecule has 0 N–H and O–H groups in total. The molecular weight excluding hydrogens is 472 g/mol. The van der Waals surface area contributed by atoms with Gasteiger partial charge in [0.1, 0.15) is 19.2 Å². The Labute approximate surface area is 198 Å². The molecule has 1 atom stereocenters. The van der Waals surface area contributed by atoms with Gasteiger partial charge in [-0.25, -0.2) is 0 Å². The van der Waals surface area contributed by atoms with Crippen LogP contribution in [0.3, 0.4) is 0 Å². The number of benzene rings is 3. The number of nitriles is 1. The Balaban J connectivity index is 0.00000245. The van der Waals surface area contributed by atoms with Gasteiger partial charge in [0.25, 0.3) is 0 Å². The highest BCUT2D eigenvalue weighted by atomic mass is 79.9. The summed E-state index contributed by atoms with van der Waals surface area (Å²) in [4.78, 5) is 0. The van der Waals surface area contributed by atoms with E-state index in [1.807, 2.05) is 0 Å². The summed E-state index contributed by atoms with van der Waals surface area (Å²) < 4.78 is 23.3. The van der Waals surface area contributed by atoms with E-state index in [1.165, 1.54) is 11.1 Å². The maximum atomic E-state index is 9.86. The predicted molar refractivity (Wildman–Crippen MR) is 119 cm³/mol. The van der Waals surface area contributed by atoms with E-state index in [4.69, 9.17) is 18.9 Å².